The average Bonchev–Trinajstić information content (AvgIpc) is 2.67. The van der Waals surface area contributed by atoms with Gasteiger partial charge in [-0.15, -0.1) is 5.10 Å². The minimum absolute atomic E-state index is 0.776. The van der Waals surface area contributed by atoms with E-state index in [0.717, 1.165) is 34.4 Å². The van der Waals surface area contributed by atoms with E-state index in [1.165, 1.54) is 16.7 Å². The quantitative estimate of drug-likeness (QED) is 0.527. The highest BCUT2D eigenvalue weighted by molar-refractivity contribution is 5.94. The zero-order chi connectivity index (χ0) is 17.9. The van der Waals surface area contributed by atoms with Crippen LogP contribution in [0.1, 0.15) is 22.4 Å². The maximum absolute atomic E-state index is 4.53. The van der Waals surface area contributed by atoms with Crippen molar-refractivity contribution in [1.82, 2.24) is 10.2 Å². The Morgan fingerprint density at radius 2 is 1.46 bits per heavy atom. The number of nitrogens with one attached hydrogen (secondary N) is 1. The first-order valence-electron chi connectivity index (χ1n) is 8.83. The van der Waals surface area contributed by atoms with E-state index in [4.69, 9.17) is 0 Å². The molecule has 3 nitrogen and oxygen atoms in total. The number of rotatable bonds is 4. The van der Waals surface area contributed by atoms with Gasteiger partial charge >= 0.3 is 0 Å². The van der Waals surface area contributed by atoms with Gasteiger partial charge in [0.05, 0.1) is 5.69 Å². The molecule has 3 aromatic carbocycles. The van der Waals surface area contributed by atoms with Gasteiger partial charge in [-0.3, -0.25) is 0 Å². The molecule has 3 heteroatoms. The van der Waals surface area contributed by atoms with Crippen LogP contribution in [-0.4, -0.2) is 10.2 Å². The van der Waals surface area contributed by atoms with Crippen molar-refractivity contribution in [1.29, 1.82) is 0 Å². The Kier molecular flexibility index (Phi) is 4.36. The van der Waals surface area contributed by atoms with Crippen LogP contribution in [0.15, 0.2) is 72.8 Å². The summed E-state index contributed by atoms with van der Waals surface area (Å²) in [6.07, 6.45) is 0.776. The molecular formula is C23H21N3. The molecule has 0 aliphatic carbocycles. The van der Waals surface area contributed by atoms with Crippen molar-refractivity contribution in [2.45, 2.75) is 20.3 Å². The van der Waals surface area contributed by atoms with Crippen LogP contribution in [0.5, 0.6) is 0 Å². The number of anilines is 2. The van der Waals surface area contributed by atoms with E-state index in [1.54, 1.807) is 0 Å². The lowest BCUT2D eigenvalue weighted by Crippen LogP contribution is -2.02. The molecule has 4 aromatic rings. The van der Waals surface area contributed by atoms with Crippen LogP contribution in [0.2, 0.25) is 0 Å². The van der Waals surface area contributed by atoms with Gasteiger partial charge in [0.1, 0.15) is 0 Å². The molecule has 1 aromatic heterocycles. The standard InChI is InChI=1S/C23H21N3/c1-16-12-13-19(14-17(16)2)24-23-21-11-7-6-10-20(21)22(25-26-23)15-18-8-4-3-5-9-18/h3-14H,15H2,1-2H3,(H,24,26). The number of nitrogens with zero attached hydrogens (tertiary/aromatic N) is 2. The number of hydrogen-bond acceptors (Lipinski definition) is 3. The topological polar surface area (TPSA) is 37.8 Å². The van der Waals surface area contributed by atoms with Crippen LogP contribution >= 0.6 is 0 Å². The van der Waals surface area contributed by atoms with E-state index in [2.05, 4.69) is 90.0 Å². The highest BCUT2D eigenvalue weighted by Gasteiger charge is 2.10. The summed E-state index contributed by atoms with van der Waals surface area (Å²) in [5.74, 6) is 0.792. The van der Waals surface area contributed by atoms with Gasteiger partial charge in [-0.2, -0.15) is 5.10 Å². The first-order valence-corrected chi connectivity index (χ1v) is 8.83. The van der Waals surface area contributed by atoms with E-state index in [-0.39, 0.29) is 0 Å². The Morgan fingerprint density at radius 3 is 2.23 bits per heavy atom. The molecule has 0 atom stereocenters. The highest BCUT2D eigenvalue weighted by Crippen LogP contribution is 2.27. The van der Waals surface area contributed by atoms with E-state index in [0.29, 0.717) is 0 Å². The lowest BCUT2D eigenvalue weighted by atomic mass is 10.0. The van der Waals surface area contributed by atoms with E-state index < -0.39 is 0 Å². The Bertz CT molecular complexity index is 1060. The summed E-state index contributed by atoms with van der Waals surface area (Å²) in [6, 6.07) is 25.0. The predicted molar refractivity (Wildman–Crippen MR) is 108 cm³/mol. The molecule has 0 saturated carbocycles. The molecule has 0 aliphatic rings. The van der Waals surface area contributed by atoms with Crippen molar-refractivity contribution in [3.63, 3.8) is 0 Å². The summed E-state index contributed by atoms with van der Waals surface area (Å²) < 4.78 is 0. The fourth-order valence-corrected chi connectivity index (χ4v) is 3.13. The number of aromatic nitrogens is 2. The van der Waals surface area contributed by atoms with Crippen LogP contribution in [0, 0.1) is 13.8 Å². The van der Waals surface area contributed by atoms with Gasteiger partial charge in [0.2, 0.25) is 0 Å². The van der Waals surface area contributed by atoms with Crippen molar-refractivity contribution < 1.29 is 0 Å². The van der Waals surface area contributed by atoms with Crippen LogP contribution in [0.3, 0.4) is 0 Å². The summed E-state index contributed by atoms with van der Waals surface area (Å²) in [5.41, 5.74) is 5.81. The molecular weight excluding hydrogens is 318 g/mol. The second-order valence-corrected chi connectivity index (χ2v) is 6.63. The molecule has 0 bridgehead atoms. The summed E-state index contributed by atoms with van der Waals surface area (Å²) in [4.78, 5) is 0. The molecule has 0 spiro atoms. The number of benzene rings is 3. The van der Waals surface area contributed by atoms with Gasteiger partial charge < -0.3 is 5.32 Å². The Morgan fingerprint density at radius 1 is 0.731 bits per heavy atom. The van der Waals surface area contributed by atoms with Gasteiger partial charge in [-0.1, -0.05) is 60.7 Å². The molecule has 0 unspecified atom stereocenters. The first kappa shape index (κ1) is 16.3. The molecule has 0 saturated heterocycles. The molecule has 0 radical (unpaired) electrons. The smallest absolute Gasteiger partial charge is 0.160 e. The fraction of sp³-hybridized carbons (Fsp3) is 0.130. The van der Waals surface area contributed by atoms with Crippen LogP contribution < -0.4 is 5.32 Å². The van der Waals surface area contributed by atoms with Crippen LogP contribution in [0.25, 0.3) is 10.8 Å². The maximum atomic E-state index is 4.53. The Labute approximate surface area is 153 Å². The fourth-order valence-electron chi connectivity index (χ4n) is 3.13. The highest BCUT2D eigenvalue weighted by atomic mass is 15.2. The SMILES string of the molecule is Cc1ccc(Nc2nnc(Cc3ccccc3)c3ccccc23)cc1C. The normalized spacial score (nSPS) is 10.8. The molecule has 1 N–H and O–H groups in total. The Balaban J connectivity index is 1.73. The molecule has 26 heavy (non-hydrogen) atoms. The summed E-state index contributed by atoms with van der Waals surface area (Å²) in [6.45, 7) is 4.24. The third-order valence-corrected chi connectivity index (χ3v) is 4.75. The summed E-state index contributed by atoms with van der Waals surface area (Å²) in [7, 11) is 0. The minimum atomic E-state index is 0.776. The zero-order valence-corrected chi connectivity index (χ0v) is 15.0. The number of hydrogen-bond donors (Lipinski definition) is 1. The molecule has 128 valence electrons. The largest absolute Gasteiger partial charge is 0.338 e. The summed E-state index contributed by atoms with van der Waals surface area (Å²) in [5, 5.41) is 14.7. The number of aryl methyl sites for hydroxylation is 2. The van der Waals surface area contributed by atoms with Gasteiger partial charge in [0, 0.05) is 22.9 Å². The maximum Gasteiger partial charge on any atom is 0.160 e. The van der Waals surface area contributed by atoms with Crippen LogP contribution in [0.4, 0.5) is 11.5 Å². The minimum Gasteiger partial charge on any atom is -0.338 e. The second-order valence-electron chi connectivity index (χ2n) is 6.63. The van der Waals surface area contributed by atoms with Crippen molar-refractivity contribution in [3.05, 3.63) is 95.2 Å². The Hall–Kier alpha value is -3.20. The molecule has 1 heterocycles. The zero-order valence-electron chi connectivity index (χ0n) is 15.0. The third kappa shape index (κ3) is 3.29. The lowest BCUT2D eigenvalue weighted by molar-refractivity contribution is 0.962. The van der Waals surface area contributed by atoms with Gasteiger partial charge in [-0.05, 0) is 42.7 Å². The average molecular weight is 339 g/mol. The molecule has 0 fully saturated rings. The van der Waals surface area contributed by atoms with Crippen molar-refractivity contribution in [2.75, 3.05) is 5.32 Å². The second kappa shape index (κ2) is 6.96. The van der Waals surface area contributed by atoms with E-state index in [1.807, 2.05) is 12.1 Å². The molecule has 0 aliphatic heterocycles. The van der Waals surface area contributed by atoms with Crippen molar-refractivity contribution >= 4 is 22.3 Å². The predicted octanol–water partition coefficient (Wildman–Crippen LogP) is 5.58. The first-order chi connectivity index (χ1) is 12.7. The summed E-state index contributed by atoms with van der Waals surface area (Å²) >= 11 is 0. The van der Waals surface area contributed by atoms with Crippen molar-refractivity contribution in [2.24, 2.45) is 0 Å². The monoisotopic (exact) mass is 339 g/mol. The van der Waals surface area contributed by atoms with Crippen molar-refractivity contribution in [3.8, 4) is 0 Å². The molecule has 4 rings (SSSR count). The lowest BCUT2D eigenvalue weighted by Gasteiger charge is -2.12. The van der Waals surface area contributed by atoms with Gasteiger partial charge in [0.15, 0.2) is 5.82 Å². The number of fused-ring (bicyclic) bond motifs is 1. The van der Waals surface area contributed by atoms with Gasteiger partial charge in [0.25, 0.3) is 0 Å². The van der Waals surface area contributed by atoms with E-state index in [9.17, 15) is 0 Å². The van der Waals surface area contributed by atoms with Crippen LogP contribution in [-0.2, 0) is 6.42 Å². The van der Waals surface area contributed by atoms with E-state index >= 15 is 0 Å². The van der Waals surface area contributed by atoms with Gasteiger partial charge in [-0.25, -0.2) is 0 Å². The molecule has 0 amide bonds. The third-order valence-electron chi connectivity index (χ3n) is 4.75.